The summed E-state index contributed by atoms with van der Waals surface area (Å²) in [4.78, 5) is 0. The topological polar surface area (TPSA) is 65.7 Å². The van der Waals surface area contributed by atoms with Gasteiger partial charge in [0.15, 0.2) is 11.5 Å². The molecule has 0 amide bonds. The molecule has 3 N–H and O–H groups in total. The van der Waals surface area contributed by atoms with Crippen molar-refractivity contribution in [1.82, 2.24) is 5.32 Å². The Hall–Kier alpha value is -1.90. The second kappa shape index (κ2) is 7.52. The molecule has 104 valence electrons. The first-order valence-corrected chi connectivity index (χ1v) is 5.88. The summed E-state index contributed by atoms with van der Waals surface area (Å²) in [6.07, 6.45) is 5.25. The Morgan fingerprint density at radius 3 is 2.21 bits per heavy atom. The van der Waals surface area contributed by atoms with E-state index in [9.17, 15) is 0 Å². The van der Waals surface area contributed by atoms with E-state index in [1.54, 1.807) is 27.4 Å². The van der Waals surface area contributed by atoms with Crippen LogP contribution in [0.15, 0.2) is 12.1 Å². The molecule has 0 fully saturated rings. The summed E-state index contributed by atoms with van der Waals surface area (Å²) in [5, 5.41) is 3.16. The van der Waals surface area contributed by atoms with Gasteiger partial charge in [0.1, 0.15) is 5.75 Å². The Bertz CT molecular complexity index is 455. The standard InChI is InChI=1S/C14H20N2O3/c1-5-6-16-11(9-15)10-7-13(18-3)14(19-4)8-12(10)17-2/h1,7-8,11,16H,6,9,15H2,2-4H3. The van der Waals surface area contributed by atoms with Crippen LogP contribution < -0.4 is 25.3 Å². The monoisotopic (exact) mass is 264 g/mol. The van der Waals surface area contributed by atoms with Gasteiger partial charge in [-0.05, 0) is 6.07 Å². The van der Waals surface area contributed by atoms with Crippen molar-refractivity contribution in [3.8, 4) is 29.6 Å². The molecule has 1 atom stereocenters. The van der Waals surface area contributed by atoms with Gasteiger partial charge in [-0.3, -0.25) is 5.32 Å². The van der Waals surface area contributed by atoms with Gasteiger partial charge in [0.05, 0.1) is 27.9 Å². The average Bonchev–Trinajstić information content (AvgIpc) is 2.47. The SMILES string of the molecule is C#CCNC(CN)c1cc(OC)c(OC)cc1OC. The maximum Gasteiger partial charge on any atom is 0.164 e. The van der Waals surface area contributed by atoms with Crippen LogP contribution in [0.1, 0.15) is 11.6 Å². The van der Waals surface area contributed by atoms with Crippen molar-refractivity contribution < 1.29 is 14.2 Å². The number of ether oxygens (including phenoxy) is 3. The molecule has 19 heavy (non-hydrogen) atoms. The van der Waals surface area contributed by atoms with E-state index in [4.69, 9.17) is 26.4 Å². The zero-order chi connectivity index (χ0) is 14.3. The van der Waals surface area contributed by atoms with Gasteiger partial charge in [-0.15, -0.1) is 6.42 Å². The number of benzene rings is 1. The Balaban J connectivity index is 3.19. The molecule has 0 saturated carbocycles. The van der Waals surface area contributed by atoms with E-state index >= 15 is 0 Å². The molecule has 0 heterocycles. The van der Waals surface area contributed by atoms with Gasteiger partial charge >= 0.3 is 0 Å². The third kappa shape index (κ3) is 3.53. The van der Waals surface area contributed by atoms with Gasteiger partial charge < -0.3 is 19.9 Å². The predicted octanol–water partition coefficient (Wildman–Crippen LogP) is 0.935. The van der Waals surface area contributed by atoms with E-state index in [1.165, 1.54) is 0 Å². The molecule has 1 unspecified atom stereocenters. The van der Waals surface area contributed by atoms with Gasteiger partial charge in [-0.2, -0.15) is 0 Å². The van der Waals surface area contributed by atoms with Gasteiger partial charge in [0.2, 0.25) is 0 Å². The lowest BCUT2D eigenvalue weighted by Gasteiger charge is -2.20. The molecule has 1 aromatic rings. The third-order valence-corrected chi connectivity index (χ3v) is 2.80. The summed E-state index contributed by atoms with van der Waals surface area (Å²) in [5.74, 6) is 4.44. The highest BCUT2D eigenvalue weighted by atomic mass is 16.5. The minimum atomic E-state index is -0.106. The van der Waals surface area contributed by atoms with Crippen LogP contribution in [-0.4, -0.2) is 34.4 Å². The normalized spacial score (nSPS) is 11.5. The molecule has 0 aliphatic rings. The summed E-state index contributed by atoms with van der Waals surface area (Å²) >= 11 is 0. The highest BCUT2D eigenvalue weighted by Gasteiger charge is 2.18. The van der Waals surface area contributed by atoms with E-state index in [0.717, 1.165) is 5.56 Å². The number of hydrogen-bond acceptors (Lipinski definition) is 5. The molecular weight excluding hydrogens is 244 g/mol. The van der Waals surface area contributed by atoms with Crippen LogP contribution in [0.3, 0.4) is 0 Å². The average molecular weight is 264 g/mol. The lowest BCUT2D eigenvalue weighted by Crippen LogP contribution is -2.28. The van der Waals surface area contributed by atoms with E-state index < -0.39 is 0 Å². The fourth-order valence-corrected chi connectivity index (χ4v) is 1.83. The minimum absolute atomic E-state index is 0.106. The first kappa shape index (κ1) is 15.2. The molecule has 1 rings (SSSR count). The molecule has 1 aromatic carbocycles. The summed E-state index contributed by atoms with van der Waals surface area (Å²) in [5.41, 5.74) is 6.66. The molecule has 0 aliphatic heterocycles. The van der Waals surface area contributed by atoms with Crippen LogP contribution >= 0.6 is 0 Å². The smallest absolute Gasteiger partial charge is 0.164 e. The zero-order valence-electron chi connectivity index (χ0n) is 11.5. The molecule has 0 aliphatic carbocycles. The van der Waals surface area contributed by atoms with Crippen LogP contribution in [-0.2, 0) is 0 Å². The molecule has 0 saturated heterocycles. The number of nitrogens with two attached hydrogens (primary N) is 1. The van der Waals surface area contributed by atoms with Crippen LogP contribution in [0, 0.1) is 12.3 Å². The number of terminal acetylenes is 1. The van der Waals surface area contributed by atoms with Crippen molar-refractivity contribution >= 4 is 0 Å². The highest BCUT2D eigenvalue weighted by Crippen LogP contribution is 2.37. The second-order valence-corrected chi connectivity index (χ2v) is 3.82. The Morgan fingerprint density at radius 2 is 1.74 bits per heavy atom. The summed E-state index contributed by atoms with van der Waals surface area (Å²) in [6.45, 7) is 0.826. The van der Waals surface area contributed by atoms with Gasteiger partial charge in [-0.25, -0.2) is 0 Å². The van der Waals surface area contributed by atoms with Crippen LogP contribution in [0.2, 0.25) is 0 Å². The molecule has 0 bridgehead atoms. The molecule has 0 spiro atoms. The Morgan fingerprint density at radius 1 is 1.16 bits per heavy atom. The number of nitrogens with one attached hydrogen (secondary N) is 1. The number of methoxy groups -OCH3 is 3. The van der Waals surface area contributed by atoms with Gasteiger partial charge in [0.25, 0.3) is 0 Å². The summed E-state index contributed by atoms with van der Waals surface area (Å²) < 4.78 is 15.9. The van der Waals surface area contributed by atoms with Crippen LogP contribution in [0.25, 0.3) is 0 Å². The predicted molar refractivity (Wildman–Crippen MR) is 74.7 cm³/mol. The maximum atomic E-state index is 5.77. The summed E-state index contributed by atoms with van der Waals surface area (Å²) in [7, 11) is 4.76. The lowest BCUT2D eigenvalue weighted by atomic mass is 10.0. The lowest BCUT2D eigenvalue weighted by molar-refractivity contribution is 0.345. The Labute approximate surface area is 114 Å². The fourth-order valence-electron chi connectivity index (χ4n) is 1.83. The van der Waals surface area contributed by atoms with E-state index in [1.807, 2.05) is 6.07 Å². The third-order valence-electron chi connectivity index (χ3n) is 2.80. The Kier molecular flexibility index (Phi) is 6.00. The van der Waals surface area contributed by atoms with Gasteiger partial charge in [0, 0.05) is 24.2 Å². The van der Waals surface area contributed by atoms with Crippen LogP contribution in [0.4, 0.5) is 0 Å². The van der Waals surface area contributed by atoms with Crippen molar-refractivity contribution in [3.05, 3.63) is 17.7 Å². The van der Waals surface area contributed by atoms with Crippen molar-refractivity contribution in [2.75, 3.05) is 34.4 Å². The molecule has 5 nitrogen and oxygen atoms in total. The van der Waals surface area contributed by atoms with E-state index in [0.29, 0.717) is 30.3 Å². The van der Waals surface area contributed by atoms with E-state index in [2.05, 4.69) is 11.2 Å². The molecule has 0 radical (unpaired) electrons. The highest BCUT2D eigenvalue weighted by molar-refractivity contribution is 5.52. The summed E-state index contributed by atoms with van der Waals surface area (Å²) in [6, 6.07) is 3.51. The fraction of sp³-hybridized carbons (Fsp3) is 0.429. The van der Waals surface area contributed by atoms with Crippen molar-refractivity contribution in [2.24, 2.45) is 5.73 Å². The van der Waals surface area contributed by atoms with Crippen molar-refractivity contribution in [3.63, 3.8) is 0 Å². The minimum Gasteiger partial charge on any atom is -0.496 e. The zero-order valence-corrected chi connectivity index (χ0v) is 11.5. The largest absolute Gasteiger partial charge is 0.496 e. The van der Waals surface area contributed by atoms with Crippen molar-refractivity contribution in [2.45, 2.75) is 6.04 Å². The van der Waals surface area contributed by atoms with Crippen molar-refractivity contribution in [1.29, 1.82) is 0 Å². The molecule has 5 heteroatoms. The number of hydrogen-bond donors (Lipinski definition) is 2. The number of rotatable bonds is 7. The van der Waals surface area contributed by atoms with E-state index in [-0.39, 0.29) is 6.04 Å². The first-order valence-electron chi connectivity index (χ1n) is 5.88. The molecule has 0 aromatic heterocycles. The quantitative estimate of drug-likeness (QED) is 0.717. The molecular formula is C14H20N2O3. The van der Waals surface area contributed by atoms with Gasteiger partial charge in [-0.1, -0.05) is 5.92 Å². The van der Waals surface area contributed by atoms with Crippen LogP contribution in [0.5, 0.6) is 17.2 Å². The second-order valence-electron chi connectivity index (χ2n) is 3.82. The first-order chi connectivity index (χ1) is 9.21. The maximum absolute atomic E-state index is 5.77.